The highest BCUT2D eigenvalue weighted by Gasteiger charge is 2.09. The van der Waals surface area contributed by atoms with E-state index in [1.54, 1.807) is 12.1 Å². The first-order valence-electron chi connectivity index (χ1n) is 8.56. The Bertz CT molecular complexity index is 607. The highest BCUT2D eigenvalue weighted by molar-refractivity contribution is 5.28. The van der Waals surface area contributed by atoms with Crippen LogP contribution in [0.3, 0.4) is 0 Å². The molecule has 0 bridgehead atoms. The molecule has 1 aliphatic heterocycles. The Balaban J connectivity index is 1.40. The smallest absolute Gasteiger partial charge is 0.123 e. The van der Waals surface area contributed by atoms with Gasteiger partial charge in [-0.05, 0) is 54.8 Å². The maximum atomic E-state index is 12.9. The molecule has 0 aliphatic carbocycles. The van der Waals surface area contributed by atoms with Crippen molar-refractivity contribution >= 4 is 0 Å². The van der Waals surface area contributed by atoms with E-state index in [9.17, 15) is 4.39 Å². The summed E-state index contributed by atoms with van der Waals surface area (Å²) in [6.45, 7) is 5.41. The van der Waals surface area contributed by atoms with E-state index < -0.39 is 0 Å². The van der Waals surface area contributed by atoms with Gasteiger partial charge in [-0.25, -0.2) is 4.39 Å². The second-order valence-electron chi connectivity index (χ2n) is 6.12. The maximum Gasteiger partial charge on any atom is 0.123 e. The summed E-state index contributed by atoms with van der Waals surface area (Å²) in [6.07, 6.45) is 2.24. The van der Waals surface area contributed by atoms with E-state index in [-0.39, 0.29) is 5.82 Å². The van der Waals surface area contributed by atoms with Gasteiger partial charge in [0.2, 0.25) is 0 Å². The Kier molecular flexibility index (Phi) is 6.21. The molecule has 1 saturated heterocycles. The van der Waals surface area contributed by atoms with Crippen LogP contribution in [0.4, 0.5) is 4.39 Å². The third kappa shape index (κ3) is 5.32. The molecule has 2 aromatic rings. The number of nitrogens with zero attached hydrogens (tertiary/aromatic N) is 1. The third-order valence-electron chi connectivity index (χ3n) is 4.29. The van der Waals surface area contributed by atoms with Crippen molar-refractivity contribution in [1.29, 1.82) is 0 Å². The number of morpholine rings is 1. The minimum Gasteiger partial charge on any atom is -0.489 e. The first kappa shape index (κ1) is 16.9. The third-order valence-corrected chi connectivity index (χ3v) is 4.29. The van der Waals surface area contributed by atoms with Crippen LogP contribution in [0.5, 0.6) is 5.75 Å². The predicted octanol–water partition coefficient (Wildman–Crippen LogP) is 3.67. The molecule has 3 nitrogen and oxygen atoms in total. The molecule has 2 aromatic carbocycles. The molecule has 0 amide bonds. The van der Waals surface area contributed by atoms with Gasteiger partial charge in [-0.2, -0.15) is 0 Å². The van der Waals surface area contributed by atoms with E-state index in [4.69, 9.17) is 9.47 Å². The molecule has 0 radical (unpaired) electrons. The van der Waals surface area contributed by atoms with Crippen LogP contribution in [0, 0.1) is 5.82 Å². The van der Waals surface area contributed by atoms with Gasteiger partial charge in [-0.3, -0.25) is 4.90 Å². The van der Waals surface area contributed by atoms with E-state index in [1.807, 2.05) is 12.1 Å². The fourth-order valence-corrected chi connectivity index (χ4v) is 2.83. The van der Waals surface area contributed by atoms with Crippen molar-refractivity contribution in [2.45, 2.75) is 19.4 Å². The number of ether oxygens (including phenoxy) is 2. The number of hydrogen-bond donors (Lipinski definition) is 0. The summed E-state index contributed by atoms with van der Waals surface area (Å²) in [6, 6.07) is 14.7. The van der Waals surface area contributed by atoms with Gasteiger partial charge in [0, 0.05) is 13.1 Å². The lowest BCUT2D eigenvalue weighted by atomic mass is 10.1. The van der Waals surface area contributed by atoms with Crippen LogP contribution in [0.1, 0.15) is 17.5 Å². The fraction of sp³-hybridized carbons (Fsp3) is 0.400. The molecule has 3 rings (SSSR count). The Morgan fingerprint density at radius 2 is 1.58 bits per heavy atom. The lowest BCUT2D eigenvalue weighted by Crippen LogP contribution is -2.36. The summed E-state index contributed by atoms with van der Waals surface area (Å²) < 4.78 is 24.0. The normalized spacial score (nSPS) is 15.4. The molecule has 0 atom stereocenters. The molecule has 0 N–H and O–H groups in total. The van der Waals surface area contributed by atoms with Gasteiger partial charge in [0.1, 0.15) is 18.2 Å². The summed E-state index contributed by atoms with van der Waals surface area (Å²) in [4.78, 5) is 2.46. The molecule has 1 aliphatic rings. The van der Waals surface area contributed by atoms with Gasteiger partial charge >= 0.3 is 0 Å². The SMILES string of the molecule is Fc1ccc(COc2ccc(CCCN3CCOCC3)cc2)cc1. The summed E-state index contributed by atoms with van der Waals surface area (Å²) in [5, 5.41) is 0. The molecular formula is C20H24FNO2. The van der Waals surface area contributed by atoms with E-state index in [0.29, 0.717) is 6.61 Å². The van der Waals surface area contributed by atoms with Crippen molar-refractivity contribution in [3.63, 3.8) is 0 Å². The zero-order valence-electron chi connectivity index (χ0n) is 13.9. The van der Waals surface area contributed by atoms with Crippen molar-refractivity contribution < 1.29 is 13.9 Å². The van der Waals surface area contributed by atoms with Gasteiger partial charge in [0.25, 0.3) is 0 Å². The number of halogens is 1. The molecule has 0 saturated carbocycles. The van der Waals surface area contributed by atoms with Crippen molar-refractivity contribution in [2.75, 3.05) is 32.8 Å². The van der Waals surface area contributed by atoms with Gasteiger partial charge in [-0.15, -0.1) is 0 Å². The zero-order valence-corrected chi connectivity index (χ0v) is 13.9. The Labute approximate surface area is 143 Å². The molecule has 1 fully saturated rings. The largest absolute Gasteiger partial charge is 0.489 e. The predicted molar refractivity (Wildman–Crippen MR) is 92.8 cm³/mol. The lowest BCUT2D eigenvalue weighted by molar-refractivity contribution is 0.0374. The van der Waals surface area contributed by atoms with Gasteiger partial charge < -0.3 is 9.47 Å². The van der Waals surface area contributed by atoms with Crippen LogP contribution >= 0.6 is 0 Å². The number of aryl methyl sites for hydroxylation is 1. The molecule has 128 valence electrons. The van der Waals surface area contributed by atoms with Crippen molar-refractivity contribution in [3.05, 3.63) is 65.5 Å². The van der Waals surface area contributed by atoms with Crippen LogP contribution < -0.4 is 4.74 Å². The fourth-order valence-electron chi connectivity index (χ4n) is 2.83. The molecule has 0 spiro atoms. The first-order valence-corrected chi connectivity index (χ1v) is 8.56. The molecule has 0 unspecified atom stereocenters. The minimum atomic E-state index is -0.222. The summed E-state index contributed by atoms with van der Waals surface area (Å²) in [7, 11) is 0. The van der Waals surface area contributed by atoms with Crippen LogP contribution in [0.25, 0.3) is 0 Å². The molecule has 0 aromatic heterocycles. The van der Waals surface area contributed by atoms with Crippen molar-refractivity contribution in [3.8, 4) is 5.75 Å². The standard InChI is InChI=1S/C20H24FNO2/c21-19-7-3-18(4-8-19)16-24-20-9-5-17(6-10-20)2-1-11-22-12-14-23-15-13-22/h3-10H,1-2,11-16H2. The number of benzene rings is 2. The second-order valence-corrected chi connectivity index (χ2v) is 6.12. The molecule has 1 heterocycles. The van der Waals surface area contributed by atoms with Crippen LogP contribution in [-0.2, 0) is 17.8 Å². The Morgan fingerprint density at radius 1 is 0.917 bits per heavy atom. The maximum absolute atomic E-state index is 12.9. The molecule has 4 heteroatoms. The quantitative estimate of drug-likeness (QED) is 0.774. The van der Waals surface area contributed by atoms with Gasteiger partial charge in [-0.1, -0.05) is 24.3 Å². The van der Waals surface area contributed by atoms with E-state index in [1.165, 1.54) is 17.7 Å². The average Bonchev–Trinajstić information content (AvgIpc) is 2.63. The Morgan fingerprint density at radius 3 is 2.29 bits per heavy atom. The van der Waals surface area contributed by atoms with Crippen LogP contribution in [0.15, 0.2) is 48.5 Å². The van der Waals surface area contributed by atoms with Crippen LogP contribution in [0.2, 0.25) is 0 Å². The minimum absolute atomic E-state index is 0.222. The molecular weight excluding hydrogens is 305 g/mol. The first-order chi connectivity index (χ1) is 11.8. The second kappa shape index (κ2) is 8.81. The average molecular weight is 329 g/mol. The summed E-state index contributed by atoms with van der Waals surface area (Å²) in [5.41, 5.74) is 2.29. The Hall–Kier alpha value is -1.91. The molecule has 24 heavy (non-hydrogen) atoms. The number of hydrogen-bond acceptors (Lipinski definition) is 3. The van der Waals surface area contributed by atoms with Crippen molar-refractivity contribution in [1.82, 2.24) is 4.90 Å². The topological polar surface area (TPSA) is 21.7 Å². The highest BCUT2D eigenvalue weighted by Crippen LogP contribution is 2.16. The van der Waals surface area contributed by atoms with Crippen molar-refractivity contribution in [2.24, 2.45) is 0 Å². The van der Waals surface area contributed by atoms with Crippen LogP contribution in [-0.4, -0.2) is 37.7 Å². The van der Waals surface area contributed by atoms with Gasteiger partial charge in [0.15, 0.2) is 0 Å². The highest BCUT2D eigenvalue weighted by atomic mass is 19.1. The monoisotopic (exact) mass is 329 g/mol. The number of rotatable bonds is 7. The summed E-state index contributed by atoms with van der Waals surface area (Å²) >= 11 is 0. The van der Waals surface area contributed by atoms with E-state index in [2.05, 4.69) is 17.0 Å². The lowest BCUT2D eigenvalue weighted by Gasteiger charge is -2.26. The van der Waals surface area contributed by atoms with E-state index >= 15 is 0 Å². The zero-order chi connectivity index (χ0) is 16.6. The van der Waals surface area contributed by atoms with Gasteiger partial charge in [0.05, 0.1) is 13.2 Å². The summed E-state index contributed by atoms with van der Waals surface area (Å²) in [5.74, 6) is 0.622. The van der Waals surface area contributed by atoms with E-state index in [0.717, 1.165) is 57.0 Å².